The van der Waals surface area contributed by atoms with Crippen LogP contribution in [0, 0.1) is 0 Å². The van der Waals surface area contributed by atoms with Crippen LogP contribution in [0.4, 0.5) is 5.69 Å². The second kappa shape index (κ2) is 7.67. The Morgan fingerprint density at radius 3 is 2.70 bits per heavy atom. The van der Waals surface area contributed by atoms with E-state index < -0.39 is 0 Å². The predicted octanol–water partition coefficient (Wildman–Crippen LogP) is 2.29. The van der Waals surface area contributed by atoms with Crippen LogP contribution < -0.4 is 5.32 Å². The Labute approximate surface area is 119 Å². The number of nitrogens with zero attached hydrogens (tertiary/aromatic N) is 2. The van der Waals surface area contributed by atoms with Crippen LogP contribution in [-0.4, -0.2) is 30.6 Å². The van der Waals surface area contributed by atoms with E-state index in [4.69, 9.17) is 9.47 Å². The maximum Gasteiger partial charge on any atom is 0.0729 e. The van der Waals surface area contributed by atoms with Crippen molar-refractivity contribution in [1.82, 2.24) is 9.78 Å². The van der Waals surface area contributed by atoms with E-state index in [0.29, 0.717) is 13.2 Å². The molecule has 0 unspecified atom stereocenters. The fourth-order valence-electron chi connectivity index (χ4n) is 1.99. The molecule has 1 heterocycles. The number of rotatable bonds is 8. The van der Waals surface area contributed by atoms with E-state index in [1.54, 1.807) is 14.2 Å². The van der Waals surface area contributed by atoms with Gasteiger partial charge >= 0.3 is 0 Å². The van der Waals surface area contributed by atoms with Crippen molar-refractivity contribution < 1.29 is 9.47 Å². The van der Waals surface area contributed by atoms with Crippen molar-refractivity contribution in [1.29, 1.82) is 0 Å². The third-order valence-electron chi connectivity index (χ3n) is 3.06. The van der Waals surface area contributed by atoms with E-state index in [1.807, 2.05) is 29.2 Å². The molecule has 0 aliphatic carbocycles. The summed E-state index contributed by atoms with van der Waals surface area (Å²) in [5, 5.41) is 7.65. The lowest BCUT2D eigenvalue weighted by Gasteiger charge is -2.09. The maximum atomic E-state index is 5.21. The zero-order valence-corrected chi connectivity index (χ0v) is 12.0. The first-order chi connectivity index (χ1) is 9.83. The molecule has 5 heteroatoms. The molecule has 20 heavy (non-hydrogen) atoms. The smallest absolute Gasteiger partial charge is 0.0729 e. The second-order valence-corrected chi connectivity index (χ2v) is 4.54. The molecule has 2 aromatic rings. The van der Waals surface area contributed by atoms with Gasteiger partial charge in [-0.3, -0.25) is 4.68 Å². The lowest BCUT2D eigenvalue weighted by Crippen LogP contribution is -2.05. The molecule has 0 atom stereocenters. The molecule has 0 aliphatic heterocycles. The van der Waals surface area contributed by atoms with Crippen molar-refractivity contribution in [3.05, 3.63) is 47.8 Å². The number of hydrogen-bond acceptors (Lipinski definition) is 4. The van der Waals surface area contributed by atoms with Gasteiger partial charge < -0.3 is 14.8 Å². The van der Waals surface area contributed by atoms with E-state index in [9.17, 15) is 0 Å². The van der Waals surface area contributed by atoms with Crippen LogP contribution in [0.2, 0.25) is 0 Å². The summed E-state index contributed by atoms with van der Waals surface area (Å²) in [6.07, 6.45) is 3.81. The molecule has 0 spiro atoms. The average molecular weight is 275 g/mol. The summed E-state index contributed by atoms with van der Waals surface area (Å²) in [6.45, 7) is 2.82. The monoisotopic (exact) mass is 275 g/mol. The standard InChI is InChI=1S/C15H21N3O2/c1-19-8-7-18-11-15(10-17-18)16-9-13-5-3-4-6-14(13)12-20-2/h3-6,10-11,16H,7-9,12H2,1-2H3. The van der Waals surface area contributed by atoms with Gasteiger partial charge in [0.05, 0.1) is 31.6 Å². The lowest BCUT2D eigenvalue weighted by molar-refractivity contribution is 0.183. The fourth-order valence-corrected chi connectivity index (χ4v) is 1.99. The third-order valence-corrected chi connectivity index (χ3v) is 3.06. The summed E-state index contributed by atoms with van der Waals surface area (Å²) in [5.41, 5.74) is 3.45. The largest absolute Gasteiger partial charge is 0.383 e. The van der Waals surface area contributed by atoms with Gasteiger partial charge in [-0.25, -0.2) is 0 Å². The first-order valence-electron chi connectivity index (χ1n) is 6.64. The van der Waals surface area contributed by atoms with Crippen LogP contribution in [0.15, 0.2) is 36.7 Å². The zero-order chi connectivity index (χ0) is 14.2. The van der Waals surface area contributed by atoms with Crippen molar-refractivity contribution in [2.24, 2.45) is 0 Å². The summed E-state index contributed by atoms with van der Waals surface area (Å²) in [7, 11) is 3.40. The first kappa shape index (κ1) is 14.6. The van der Waals surface area contributed by atoms with E-state index >= 15 is 0 Å². The molecule has 1 aromatic heterocycles. The summed E-state index contributed by atoms with van der Waals surface area (Å²) in [4.78, 5) is 0. The average Bonchev–Trinajstić information content (AvgIpc) is 2.92. The Kier molecular flexibility index (Phi) is 5.58. The molecule has 108 valence electrons. The highest BCUT2D eigenvalue weighted by molar-refractivity contribution is 5.40. The Morgan fingerprint density at radius 2 is 1.95 bits per heavy atom. The Balaban J connectivity index is 1.93. The minimum atomic E-state index is 0.630. The van der Waals surface area contributed by atoms with Crippen molar-refractivity contribution >= 4 is 5.69 Å². The third kappa shape index (κ3) is 4.08. The van der Waals surface area contributed by atoms with Gasteiger partial charge in [0.1, 0.15) is 0 Å². The summed E-state index contributed by atoms with van der Waals surface area (Å²) in [5.74, 6) is 0. The molecule has 0 amide bonds. The molecular formula is C15H21N3O2. The van der Waals surface area contributed by atoms with Crippen LogP contribution in [-0.2, 0) is 29.2 Å². The number of aromatic nitrogens is 2. The number of benzene rings is 1. The van der Waals surface area contributed by atoms with Gasteiger partial charge in [0, 0.05) is 27.0 Å². The van der Waals surface area contributed by atoms with E-state index in [-0.39, 0.29) is 0 Å². The Morgan fingerprint density at radius 1 is 1.15 bits per heavy atom. The highest BCUT2D eigenvalue weighted by atomic mass is 16.5. The molecule has 0 aliphatic rings. The van der Waals surface area contributed by atoms with E-state index in [1.165, 1.54) is 11.1 Å². The molecule has 0 saturated carbocycles. The first-order valence-corrected chi connectivity index (χ1v) is 6.64. The van der Waals surface area contributed by atoms with Crippen LogP contribution in [0.1, 0.15) is 11.1 Å². The Bertz CT molecular complexity index is 525. The summed E-state index contributed by atoms with van der Waals surface area (Å²) >= 11 is 0. The zero-order valence-electron chi connectivity index (χ0n) is 12.0. The molecular weight excluding hydrogens is 254 g/mol. The lowest BCUT2D eigenvalue weighted by atomic mass is 10.1. The van der Waals surface area contributed by atoms with Crippen LogP contribution in [0.5, 0.6) is 0 Å². The summed E-state index contributed by atoms with van der Waals surface area (Å²) in [6, 6.07) is 8.26. The van der Waals surface area contributed by atoms with Crippen LogP contribution >= 0.6 is 0 Å². The fraction of sp³-hybridized carbons (Fsp3) is 0.400. The van der Waals surface area contributed by atoms with Crippen molar-refractivity contribution in [3.8, 4) is 0 Å². The molecule has 1 aromatic carbocycles. The van der Waals surface area contributed by atoms with Gasteiger partial charge in [-0.2, -0.15) is 5.10 Å². The Hall–Kier alpha value is -1.85. The number of methoxy groups -OCH3 is 2. The van der Waals surface area contributed by atoms with Gasteiger partial charge in [0.25, 0.3) is 0 Å². The SMILES string of the molecule is COCCn1cc(NCc2ccccc2COC)cn1. The highest BCUT2D eigenvalue weighted by Gasteiger charge is 2.02. The van der Waals surface area contributed by atoms with Gasteiger partial charge in [-0.05, 0) is 11.1 Å². The van der Waals surface area contributed by atoms with Crippen LogP contribution in [0.3, 0.4) is 0 Å². The molecule has 0 bridgehead atoms. The van der Waals surface area contributed by atoms with E-state index in [0.717, 1.165) is 18.8 Å². The topological polar surface area (TPSA) is 48.3 Å². The number of anilines is 1. The molecule has 0 saturated heterocycles. The van der Waals surface area contributed by atoms with Gasteiger partial charge in [-0.15, -0.1) is 0 Å². The molecule has 0 fully saturated rings. The minimum Gasteiger partial charge on any atom is -0.383 e. The molecule has 0 radical (unpaired) electrons. The van der Waals surface area contributed by atoms with Crippen molar-refractivity contribution in [2.45, 2.75) is 19.7 Å². The van der Waals surface area contributed by atoms with Crippen molar-refractivity contribution in [3.63, 3.8) is 0 Å². The van der Waals surface area contributed by atoms with Crippen molar-refractivity contribution in [2.75, 3.05) is 26.1 Å². The summed E-state index contributed by atoms with van der Waals surface area (Å²) < 4.78 is 12.1. The minimum absolute atomic E-state index is 0.630. The maximum absolute atomic E-state index is 5.21. The van der Waals surface area contributed by atoms with E-state index in [2.05, 4.69) is 22.5 Å². The number of ether oxygens (including phenoxy) is 2. The quantitative estimate of drug-likeness (QED) is 0.803. The van der Waals surface area contributed by atoms with Gasteiger partial charge in [-0.1, -0.05) is 24.3 Å². The number of nitrogens with one attached hydrogen (secondary N) is 1. The van der Waals surface area contributed by atoms with Gasteiger partial charge in [0.2, 0.25) is 0 Å². The van der Waals surface area contributed by atoms with Gasteiger partial charge in [0.15, 0.2) is 0 Å². The predicted molar refractivity (Wildman–Crippen MR) is 78.6 cm³/mol. The molecule has 5 nitrogen and oxygen atoms in total. The number of hydrogen-bond donors (Lipinski definition) is 1. The molecule has 2 rings (SSSR count). The highest BCUT2D eigenvalue weighted by Crippen LogP contribution is 2.13. The second-order valence-electron chi connectivity index (χ2n) is 4.54. The van der Waals surface area contributed by atoms with Crippen LogP contribution in [0.25, 0.3) is 0 Å². The normalized spacial score (nSPS) is 10.7. The molecule has 1 N–H and O–H groups in total.